The Morgan fingerprint density at radius 2 is 2.27 bits per heavy atom. The van der Waals surface area contributed by atoms with Crippen LogP contribution in [0.25, 0.3) is 0 Å². The minimum Gasteiger partial charge on any atom is -0.338 e. The normalized spacial score (nSPS) is 10.9. The fraction of sp³-hybridized carbons (Fsp3) is 0.625. The molecule has 0 spiro atoms. The number of aryl methyl sites for hydroxylation is 1. The van der Waals surface area contributed by atoms with Gasteiger partial charge in [-0.25, -0.2) is 4.98 Å². The zero-order valence-corrected chi connectivity index (χ0v) is 7.41. The van der Waals surface area contributed by atoms with Crippen molar-refractivity contribution >= 4 is 0 Å². The zero-order chi connectivity index (χ0) is 8.27. The van der Waals surface area contributed by atoms with Gasteiger partial charge in [-0.2, -0.15) is 0 Å². The summed E-state index contributed by atoms with van der Waals surface area (Å²) in [5, 5.41) is 0. The van der Waals surface area contributed by atoms with E-state index in [1.54, 1.807) is 0 Å². The lowest BCUT2D eigenvalue weighted by Crippen LogP contribution is -2.16. The first-order valence-corrected chi connectivity index (χ1v) is 3.81. The molecule has 3 heteroatoms. The molecule has 0 aliphatic heterocycles. The van der Waals surface area contributed by atoms with Gasteiger partial charge in [0.1, 0.15) is 5.82 Å². The third-order valence-corrected chi connectivity index (χ3v) is 1.70. The third kappa shape index (κ3) is 2.35. The van der Waals surface area contributed by atoms with Crippen LogP contribution in [0, 0.1) is 0 Å². The summed E-state index contributed by atoms with van der Waals surface area (Å²) in [7, 11) is 6.17. The molecular weight excluding hydrogens is 138 g/mol. The quantitative estimate of drug-likeness (QED) is 0.631. The van der Waals surface area contributed by atoms with E-state index in [1.807, 2.05) is 19.4 Å². The molecule has 0 aliphatic carbocycles. The summed E-state index contributed by atoms with van der Waals surface area (Å²) in [6.07, 6.45) is 4.84. The van der Waals surface area contributed by atoms with Crippen molar-refractivity contribution in [2.24, 2.45) is 7.05 Å². The molecule has 0 fully saturated rings. The van der Waals surface area contributed by atoms with Crippen molar-refractivity contribution in [1.29, 1.82) is 0 Å². The minimum absolute atomic E-state index is 1.02. The van der Waals surface area contributed by atoms with Gasteiger partial charge in [-0.3, -0.25) is 0 Å². The van der Waals surface area contributed by atoms with Gasteiger partial charge in [-0.05, 0) is 14.1 Å². The second kappa shape index (κ2) is 3.53. The highest BCUT2D eigenvalue weighted by Crippen LogP contribution is 1.95. The van der Waals surface area contributed by atoms with Crippen molar-refractivity contribution in [3.05, 3.63) is 18.2 Å². The van der Waals surface area contributed by atoms with Gasteiger partial charge in [0.15, 0.2) is 0 Å². The second-order valence-corrected chi connectivity index (χ2v) is 3.01. The number of rotatable bonds is 3. The van der Waals surface area contributed by atoms with E-state index in [1.165, 1.54) is 0 Å². The Bertz CT molecular complexity index is 215. The smallest absolute Gasteiger partial charge is 0.109 e. The summed E-state index contributed by atoms with van der Waals surface area (Å²) in [6.45, 7) is 1.06. The Balaban J connectivity index is 2.44. The lowest BCUT2D eigenvalue weighted by molar-refractivity contribution is 0.407. The van der Waals surface area contributed by atoms with E-state index in [-0.39, 0.29) is 0 Å². The molecule has 0 saturated carbocycles. The van der Waals surface area contributed by atoms with Crippen LogP contribution in [-0.4, -0.2) is 35.1 Å². The molecule has 1 rings (SSSR count). The molecule has 62 valence electrons. The van der Waals surface area contributed by atoms with Crippen LogP contribution in [0.2, 0.25) is 0 Å². The van der Waals surface area contributed by atoms with Crippen molar-refractivity contribution in [3.8, 4) is 0 Å². The first kappa shape index (κ1) is 8.27. The van der Waals surface area contributed by atoms with Crippen molar-refractivity contribution in [2.45, 2.75) is 6.42 Å². The maximum absolute atomic E-state index is 4.22. The van der Waals surface area contributed by atoms with Crippen LogP contribution in [0.5, 0.6) is 0 Å². The van der Waals surface area contributed by atoms with Gasteiger partial charge in [0.2, 0.25) is 0 Å². The molecule has 11 heavy (non-hydrogen) atoms. The number of imidazole rings is 1. The van der Waals surface area contributed by atoms with Gasteiger partial charge >= 0.3 is 0 Å². The molecule has 0 radical (unpaired) electrons. The Hall–Kier alpha value is -0.830. The van der Waals surface area contributed by atoms with Gasteiger partial charge in [-0.15, -0.1) is 0 Å². The second-order valence-electron chi connectivity index (χ2n) is 3.01. The average Bonchev–Trinajstić information content (AvgIpc) is 2.31. The summed E-state index contributed by atoms with van der Waals surface area (Å²) in [5.41, 5.74) is 0. The van der Waals surface area contributed by atoms with Crippen LogP contribution in [0.15, 0.2) is 12.4 Å². The molecule has 0 aliphatic rings. The fourth-order valence-corrected chi connectivity index (χ4v) is 0.961. The summed E-state index contributed by atoms with van der Waals surface area (Å²) in [5.74, 6) is 1.15. The van der Waals surface area contributed by atoms with Crippen molar-refractivity contribution < 1.29 is 0 Å². The average molecular weight is 153 g/mol. The number of aromatic nitrogens is 2. The van der Waals surface area contributed by atoms with E-state index < -0.39 is 0 Å². The highest BCUT2D eigenvalue weighted by atomic mass is 15.1. The lowest BCUT2D eigenvalue weighted by Gasteiger charge is -2.08. The van der Waals surface area contributed by atoms with Gasteiger partial charge in [-0.1, -0.05) is 0 Å². The highest BCUT2D eigenvalue weighted by Gasteiger charge is 1.98. The number of hydrogen-bond acceptors (Lipinski definition) is 2. The Morgan fingerprint density at radius 1 is 1.55 bits per heavy atom. The predicted octanol–water partition coefficient (Wildman–Crippen LogP) is 0.524. The largest absolute Gasteiger partial charge is 0.338 e. The van der Waals surface area contributed by atoms with Crippen molar-refractivity contribution in [1.82, 2.24) is 14.5 Å². The van der Waals surface area contributed by atoms with E-state index >= 15 is 0 Å². The first-order chi connectivity index (χ1) is 5.20. The SMILES string of the molecule is CN(C)CCc1nccn1C. The number of likely N-dealkylation sites (N-methyl/N-ethyl adjacent to an activating group) is 1. The van der Waals surface area contributed by atoms with Gasteiger partial charge in [0.05, 0.1) is 0 Å². The molecule has 3 nitrogen and oxygen atoms in total. The monoisotopic (exact) mass is 153 g/mol. The van der Waals surface area contributed by atoms with E-state index in [0.29, 0.717) is 0 Å². The van der Waals surface area contributed by atoms with Gasteiger partial charge in [0, 0.05) is 32.4 Å². The topological polar surface area (TPSA) is 21.1 Å². The molecule has 0 unspecified atom stereocenters. The van der Waals surface area contributed by atoms with Gasteiger partial charge in [0.25, 0.3) is 0 Å². The van der Waals surface area contributed by atoms with Crippen LogP contribution >= 0.6 is 0 Å². The summed E-state index contributed by atoms with van der Waals surface area (Å²) >= 11 is 0. The summed E-state index contributed by atoms with van der Waals surface area (Å²) < 4.78 is 2.06. The van der Waals surface area contributed by atoms with Gasteiger partial charge < -0.3 is 9.47 Å². The molecule has 0 amide bonds. The van der Waals surface area contributed by atoms with Crippen molar-refractivity contribution in [2.75, 3.05) is 20.6 Å². The highest BCUT2D eigenvalue weighted by molar-refractivity contribution is 4.91. The van der Waals surface area contributed by atoms with Crippen LogP contribution in [-0.2, 0) is 13.5 Å². The van der Waals surface area contributed by atoms with Crippen LogP contribution in [0.1, 0.15) is 5.82 Å². The zero-order valence-electron chi connectivity index (χ0n) is 7.41. The standard InChI is InChI=1S/C8H15N3/c1-10(2)6-4-8-9-5-7-11(8)3/h5,7H,4,6H2,1-3H3. The molecular formula is C8H15N3. The Labute approximate surface area is 67.7 Å². The Kier molecular flexibility index (Phi) is 2.65. The fourth-order valence-electron chi connectivity index (χ4n) is 0.961. The van der Waals surface area contributed by atoms with E-state index in [4.69, 9.17) is 0 Å². The maximum atomic E-state index is 4.22. The van der Waals surface area contributed by atoms with Crippen LogP contribution in [0.4, 0.5) is 0 Å². The summed E-state index contributed by atoms with van der Waals surface area (Å²) in [4.78, 5) is 6.39. The van der Waals surface area contributed by atoms with Crippen LogP contribution < -0.4 is 0 Å². The number of nitrogens with zero attached hydrogens (tertiary/aromatic N) is 3. The molecule has 0 aromatic carbocycles. The molecule has 0 atom stereocenters. The van der Waals surface area contributed by atoms with Crippen molar-refractivity contribution in [3.63, 3.8) is 0 Å². The number of hydrogen-bond donors (Lipinski definition) is 0. The van der Waals surface area contributed by atoms with E-state index in [9.17, 15) is 0 Å². The molecule has 0 saturated heterocycles. The minimum atomic E-state index is 1.02. The van der Waals surface area contributed by atoms with E-state index in [0.717, 1.165) is 18.8 Å². The predicted molar refractivity (Wildman–Crippen MR) is 45.5 cm³/mol. The molecule has 0 bridgehead atoms. The van der Waals surface area contributed by atoms with E-state index in [2.05, 4.69) is 28.5 Å². The molecule has 1 aromatic rings. The van der Waals surface area contributed by atoms with Crippen LogP contribution in [0.3, 0.4) is 0 Å². The third-order valence-electron chi connectivity index (χ3n) is 1.70. The lowest BCUT2D eigenvalue weighted by atomic mass is 10.4. The molecule has 0 N–H and O–H groups in total. The molecule has 1 aromatic heterocycles. The Morgan fingerprint density at radius 3 is 2.73 bits per heavy atom. The first-order valence-electron chi connectivity index (χ1n) is 3.81. The maximum Gasteiger partial charge on any atom is 0.109 e. The summed E-state index contributed by atoms with van der Waals surface area (Å²) in [6, 6.07) is 0. The molecule has 1 heterocycles.